The van der Waals surface area contributed by atoms with Gasteiger partial charge in [-0.3, -0.25) is 9.98 Å². The molecule has 1 N–H and O–H groups in total. The van der Waals surface area contributed by atoms with Crippen LogP contribution in [0.2, 0.25) is 0 Å². The van der Waals surface area contributed by atoms with Crippen molar-refractivity contribution in [1.82, 2.24) is 15.3 Å². The summed E-state index contributed by atoms with van der Waals surface area (Å²) in [5, 5.41) is 3.52. The topological polar surface area (TPSA) is 68.6 Å². The fraction of sp³-hybridized carbons (Fsp3) is 0.667. The predicted octanol–water partition coefficient (Wildman–Crippen LogP) is 3.33. The monoisotopic (exact) mass is 372 g/mol. The van der Waals surface area contributed by atoms with Crippen molar-refractivity contribution < 1.29 is 9.47 Å². The minimum Gasteiger partial charge on any atom is -0.480 e. The normalized spacial score (nSPS) is 26.2. The number of nitrogens with zero attached hydrogens (tertiary/aromatic N) is 3. The van der Waals surface area contributed by atoms with Crippen LogP contribution in [0.5, 0.6) is 5.88 Å². The van der Waals surface area contributed by atoms with Gasteiger partial charge in [-0.15, -0.1) is 0 Å². The van der Waals surface area contributed by atoms with E-state index in [-0.39, 0.29) is 5.54 Å². The van der Waals surface area contributed by atoms with E-state index in [4.69, 9.17) is 14.5 Å². The molecule has 2 aliphatic rings. The van der Waals surface area contributed by atoms with Gasteiger partial charge in [-0.05, 0) is 50.6 Å². The standard InChI is InChI=1S/C21H32N4O2/c1-26-20-17-23-16-19(25-20)15-22-12-7-18-8-14-27-13-6-2-3-9-21(18)10-4-5-11-24-21/h4-5,11,16-18,22H,2-3,6-10,12-15H2,1H3/t18-,21?/m1/s1. The van der Waals surface area contributed by atoms with Crippen LogP contribution in [0, 0.1) is 5.92 Å². The molecular weight excluding hydrogens is 340 g/mol. The molecule has 1 aromatic rings. The van der Waals surface area contributed by atoms with Gasteiger partial charge in [-0.1, -0.05) is 18.9 Å². The Bertz CT molecular complexity index is 634. The summed E-state index contributed by atoms with van der Waals surface area (Å²) in [7, 11) is 1.61. The van der Waals surface area contributed by atoms with Crippen molar-refractivity contribution in [2.75, 3.05) is 26.9 Å². The Balaban J connectivity index is 1.56. The number of dihydropyridines is 1. The van der Waals surface area contributed by atoms with Crippen LogP contribution in [0.25, 0.3) is 0 Å². The average Bonchev–Trinajstić information content (AvgIpc) is 2.72. The fourth-order valence-corrected chi connectivity index (χ4v) is 4.10. The van der Waals surface area contributed by atoms with Crippen LogP contribution >= 0.6 is 0 Å². The smallest absolute Gasteiger partial charge is 0.232 e. The second-order valence-electron chi connectivity index (χ2n) is 7.44. The molecule has 2 aliphatic heterocycles. The van der Waals surface area contributed by atoms with E-state index < -0.39 is 0 Å². The molecule has 0 radical (unpaired) electrons. The summed E-state index contributed by atoms with van der Waals surface area (Å²) in [5.74, 6) is 1.08. The summed E-state index contributed by atoms with van der Waals surface area (Å²) >= 11 is 0. The first-order valence-corrected chi connectivity index (χ1v) is 10.2. The fourth-order valence-electron chi connectivity index (χ4n) is 4.10. The molecule has 2 atom stereocenters. The molecule has 0 saturated carbocycles. The molecule has 0 aliphatic carbocycles. The average molecular weight is 373 g/mol. The zero-order valence-corrected chi connectivity index (χ0v) is 16.4. The van der Waals surface area contributed by atoms with E-state index in [0.717, 1.165) is 44.7 Å². The van der Waals surface area contributed by atoms with Gasteiger partial charge >= 0.3 is 0 Å². The van der Waals surface area contributed by atoms with E-state index in [1.165, 1.54) is 25.7 Å². The largest absolute Gasteiger partial charge is 0.480 e. The Morgan fingerprint density at radius 2 is 2.22 bits per heavy atom. The third kappa shape index (κ3) is 5.84. The first kappa shape index (κ1) is 20.0. The summed E-state index contributed by atoms with van der Waals surface area (Å²) in [6, 6.07) is 0. The van der Waals surface area contributed by atoms with Crippen molar-refractivity contribution in [2.45, 2.75) is 57.0 Å². The number of aromatic nitrogens is 2. The SMILES string of the molecule is COc1cncc(CNCC[C@@H]2CCOCCCCCC23CC=CC=N3)n1. The van der Waals surface area contributed by atoms with Crippen molar-refractivity contribution in [2.24, 2.45) is 10.9 Å². The predicted molar refractivity (Wildman–Crippen MR) is 107 cm³/mol. The molecular formula is C21H32N4O2. The quantitative estimate of drug-likeness (QED) is 0.776. The molecule has 1 fully saturated rings. The van der Waals surface area contributed by atoms with Crippen molar-refractivity contribution in [3.63, 3.8) is 0 Å². The second-order valence-corrected chi connectivity index (χ2v) is 7.44. The van der Waals surface area contributed by atoms with Gasteiger partial charge in [0.15, 0.2) is 0 Å². The summed E-state index contributed by atoms with van der Waals surface area (Å²) in [4.78, 5) is 13.6. The Morgan fingerprint density at radius 1 is 1.26 bits per heavy atom. The molecule has 1 spiro atoms. The first-order valence-electron chi connectivity index (χ1n) is 10.2. The van der Waals surface area contributed by atoms with E-state index in [9.17, 15) is 0 Å². The van der Waals surface area contributed by atoms with Crippen LogP contribution in [0.4, 0.5) is 0 Å². The zero-order valence-electron chi connectivity index (χ0n) is 16.4. The lowest BCUT2D eigenvalue weighted by Gasteiger charge is -2.39. The van der Waals surface area contributed by atoms with E-state index >= 15 is 0 Å². The Kier molecular flexibility index (Phi) is 7.78. The molecule has 0 bridgehead atoms. The van der Waals surface area contributed by atoms with Gasteiger partial charge in [0.05, 0.1) is 24.5 Å². The molecule has 0 aromatic carbocycles. The van der Waals surface area contributed by atoms with Gasteiger partial charge in [0.25, 0.3) is 0 Å². The molecule has 6 heteroatoms. The van der Waals surface area contributed by atoms with E-state index in [2.05, 4.69) is 27.4 Å². The molecule has 27 heavy (non-hydrogen) atoms. The molecule has 1 unspecified atom stereocenters. The minimum atomic E-state index is 0.0485. The van der Waals surface area contributed by atoms with Crippen LogP contribution in [0.1, 0.15) is 50.6 Å². The number of nitrogens with one attached hydrogen (secondary N) is 1. The number of hydrogen-bond acceptors (Lipinski definition) is 6. The van der Waals surface area contributed by atoms with E-state index in [1.807, 2.05) is 6.21 Å². The Labute approximate surface area is 162 Å². The van der Waals surface area contributed by atoms with Crippen molar-refractivity contribution in [1.29, 1.82) is 0 Å². The molecule has 0 amide bonds. The number of methoxy groups -OCH3 is 1. The van der Waals surface area contributed by atoms with Crippen LogP contribution < -0.4 is 10.1 Å². The van der Waals surface area contributed by atoms with Crippen molar-refractivity contribution in [3.05, 3.63) is 30.2 Å². The summed E-state index contributed by atoms with van der Waals surface area (Å²) in [6.07, 6.45) is 17.8. The van der Waals surface area contributed by atoms with Gasteiger partial charge < -0.3 is 14.8 Å². The van der Waals surface area contributed by atoms with Gasteiger partial charge in [0.2, 0.25) is 5.88 Å². The maximum Gasteiger partial charge on any atom is 0.232 e. The molecule has 1 aromatic heterocycles. The number of aliphatic imine (C=N–C) groups is 1. The van der Waals surface area contributed by atoms with Crippen LogP contribution in [0.3, 0.4) is 0 Å². The zero-order chi connectivity index (χ0) is 18.8. The Hall–Kier alpha value is -1.79. The lowest BCUT2D eigenvalue weighted by molar-refractivity contribution is 0.0878. The summed E-state index contributed by atoms with van der Waals surface area (Å²) < 4.78 is 11.0. The second kappa shape index (κ2) is 10.5. The number of rotatable bonds is 6. The number of hydrogen-bond donors (Lipinski definition) is 1. The number of ether oxygens (including phenoxy) is 2. The van der Waals surface area contributed by atoms with E-state index in [1.54, 1.807) is 19.5 Å². The van der Waals surface area contributed by atoms with Crippen LogP contribution in [-0.4, -0.2) is 48.6 Å². The van der Waals surface area contributed by atoms with Gasteiger partial charge in [0, 0.05) is 32.2 Å². The Morgan fingerprint density at radius 3 is 3.07 bits per heavy atom. The lowest BCUT2D eigenvalue weighted by Crippen LogP contribution is -2.39. The van der Waals surface area contributed by atoms with Crippen molar-refractivity contribution in [3.8, 4) is 5.88 Å². The number of allylic oxidation sites excluding steroid dienone is 1. The highest BCUT2D eigenvalue weighted by atomic mass is 16.5. The summed E-state index contributed by atoms with van der Waals surface area (Å²) in [6.45, 7) is 3.37. The first-order chi connectivity index (χ1) is 13.3. The van der Waals surface area contributed by atoms with Crippen LogP contribution in [0.15, 0.2) is 29.5 Å². The van der Waals surface area contributed by atoms with Crippen LogP contribution in [-0.2, 0) is 11.3 Å². The molecule has 1 saturated heterocycles. The lowest BCUT2D eigenvalue weighted by atomic mass is 9.73. The van der Waals surface area contributed by atoms with Crippen molar-refractivity contribution >= 4 is 6.21 Å². The summed E-state index contributed by atoms with van der Waals surface area (Å²) in [5.41, 5.74) is 0.948. The van der Waals surface area contributed by atoms with Gasteiger partial charge in [0.1, 0.15) is 0 Å². The van der Waals surface area contributed by atoms with E-state index in [0.29, 0.717) is 18.3 Å². The third-order valence-electron chi connectivity index (χ3n) is 5.64. The molecule has 3 heterocycles. The highest BCUT2D eigenvalue weighted by Crippen LogP contribution is 2.38. The van der Waals surface area contributed by atoms with Gasteiger partial charge in [-0.25, -0.2) is 4.98 Å². The van der Waals surface area contributed by atoms with Gasteiger partial charge in [-0.2, -0.15) is 0 Å². The highest BCUT2D eigenvalue weighted by molar-refractivity contribution is 5.72. The minimum absolute atomic E-state index is 0.0485. The maximum absolute atomic E-state index is 5.85. The third-order valence-corrected chi connectivity index (χ3v) is 5.64. The maximum atomic E-state index is 5.85. The molecule has 148 valence electrons. The molecule has 3 rings (SSSR count). The molecule has 6 nitrogen and oxygen atoms in total. The highest BCUT2D eigenvalue weighted by Gasteiger charge is 2.37.